The lowest BCUT2D eigenvalue weighted by molar-refractivity contribution is 0.126. The first kappa shape index (κ1) is 15.5. The molecule has 1 fully saturated rings. The van der Waals surface area contributed by atoms with Crippen LogP contribution in [-0.2, 0) is 0 Å². The summed E-state index contributed by atoms with van der Waals surface area (Å²) in [6.45, 7) is 2.01. The number of hydrogen-bond acceptors (Lipinski definition) is 2. The second-order valence-electron chi connectivity index (χ2n) is 5.99. The zero-order valence-electron chi connectivity index (χ0n) is 12.3. The highest BCUT2D eigenvalue weighted by Crippen LogP contribution is 2.21. The molecule has 3 heteroatoms. The van der Waals surface area contributed by atoms with E-state index in [4.69, 9.17) is 0 Å². The van der Waals surface area contributed by atoms with Gasteiger partial charge < -0.3 is 10.4 Å². The lowest BCUT2D eigenvalue weighted by atomic mass is 9.95. The summed E-state index contributed by atoms with van der Waals surface area (Å²) in [6.07, 6.45) is 8.37. The maximum Gasteiger partial charge on any atom is 0.123 e. The first-order chi connectivity index (χ1) is 9.66. The van der Waals surface area contributed by atoms with Crippen LogP contribution in [0.25, 0.3) is 0 Å². The molecule has 1 saturated carbocycles. The van der Waals surface area contributed by atoms with Crippen LogP contribution in [0.3, 0.4) is 0 Å². The monoisotopic (exact) mass is 279 g/mol. The predicted molar refractivity (Wildman–Crippen MR) is 80.1 cm³/mol. The summed E-state index contributed by atoms with van der Waals surface area (Å²) in [7, 11) is 0. The second-order valence-corrected chi connectivity index (χ2v) is 5.99. The molecule has 1 aliphatic carbocycles. The van der Waals surface area contributed by atoms with Crippen LogP contribution in [0.2, 0.25) is 0 Å². The zero-order valence-corrected chi connectivity index (χ0v) is 12.3. The Kier molecular flexibility index (Phi) is 5.99. The summed E-state index contributed by atoms with van der Waals surface area (Å²) >= 11 is 0. The fourth-order valence-electron chi connectivity index (χ4n) is 3.03. The topological polar surface area (TPSA) is 32.3 Å². The first-order valence-corrected chi connectivity index (χ1v) is 7.86. The Balaban J connectivity index is 1.89. The minimum absolute atomic E-state index is 0.00936. The van der Waals surface area contributed by atoms with Gasteiger partial charge >= 0.3 is 0 Å². The van der Waals surface area contributed by atoms with E-state index in [2.05, 4.69) is 5.32 Å². The highest BCUT2D eigenvalue weighted by molar-refractivity contribution is 5.19. The molecule has 0 amide bonds. The van der Waals surface area contributed by atoms with Crippen molar-refractivity contribution in [2.45, 2.75) is 70.1 Å². The van der Waals surface area contributed by atoms with Crippen LogP contribution in [0.1, 0.15) is 63.5 Å². The number of aliphatic hydroxyl groups is 1. The van der Waals surface area contributed by atoms with Crippen LogP contribution < -0.4 is 5.32 Å². The van der Waals surface area contributed by atoms with Crippen molar-refractivity contribution >= 4 is 0 Å². The summed E-state index contributed by atoms with van der Waals surface area (Å²) < 4.78 is 12.9. The van der Waals surface area contributed by atoms with Gasteiger partial charge in [0, 0.05) is 12.1 Å². The third kappa shape index (κ3) is 4.57. The molecule has 0 saturated heterocycles. The summed E-state index contributed by atoms with van der Waals surface area (Å²) in [5.41, 5.74) is 0.775. The van der Waals surface area contributed by atoms with E-state index in [9.17, 15) is 9.50 Å². The molecule has 2 unspecified atom stereocenters. The Morgan fingerprint density at radius 2 is 1.60 bits per heavy atom. The van der Waals surface area contributed by atoms with E-state index < -0.39 is 6.10 Å². The smallest absolute Gasteiger partial charge is 0.123 e. The van der Waals surface area contributed by atoms with Crippen molar-refractivity contribution in [3.8, 4) is 0 Å². The maximum atomic E-state index is 12.9. The molecule has 1 aromatic rings. The van der Waals surface area contributed by atoms with Gasteiger partial charge in [0.2, 0.25) is 0 Å². The molecule has 0 aromatic heterocycles. The molecule has 2 N–H and O–H groups in total. The Morgan fingerprint density at radius 1 is 1.05 bits per heavy atom. The fourth-order valence-corrected chi connectivity index (χ4v) is 3.03. The molecule has 1 aromatic carbocycles. The van der Waals surface area contributed by atoms with Gasteiger partial charge in [-0.15, -0.1) is 0 Å². The molecule has 112 valence electrons. The van der Waals surface area contributed by atoms with Gasteiger partial charge in [0.25, 0.3) is 0 Å². The minimum atomic E-state index is -0.582. The van der Waals surface area contributed by atoms with Gasteiger partial charge in [-0.2, -0.15) is 0 Å². The summed E-state index contributed by atoms with van der Waals surface area (Å²) in [5, 5.41) is 13.9. The van der Waals surface area contributed by atoms with E-state index in [1.807, 2.05) is 6.92 Å². The quantitative estimate of drug-likeness (QED) is 0.874. The molecule has 0 bridgehead atoms. The van der Waals surface area contributed by atoms with Crippen LogP contribution in [0, 0.1) is 5.82 Å². The summed E-state index contributed by atoms with van der Waals surface area (Å²) in [4.78, 5) is 0. The molecule has 0 aliphatic heterocycles. The first-order valence-electron chi connectivity index (χ1n) is 7.86. The molecule has 0 spiro atoms. The lowest BCUT2D eigenvalue weighted by Crippen LogP contribution is -2.40. The van der Waals surface area contributed by atoms with Crippen LogP contribution in [0.4, 0.5) is 4.39 Å². The van der Waals surface area contributed by atoms with E-state index in [0.29, 0.717) is 6.04 Å². The van der Waals surface area contributed by atoms with Crippen molar-refractivity contribution in [2.24, 2.45) is 0 Å². The van der Waals surface area contributed by atoms with E-state index in [0.717, 1.165) is 5.56 Å². The minimum Gasteiger partial charge on any atom is -0.387 e. The van der Waals surface area contributed by atoms with Crippen LogP contribution in [-0.4, -0.2) is 17.2 Å². The molecular formula is C17H26FNO. The average Bonchev–Trinajstić information content (AvgIpc) is 2.41. The van der Waals surface area contributed by atoms with E-state index >= 15 is 0 Å². The van der Waals surface area contributed by atoms with Crippen molar-refractivity contribution < 1.29 is 9.50 Å². The number of nitrogens with one attached hydrogen (secondary N) is 1. The fraction of sp³-hybridized carbons (Fsp3) is 0.647. The van der Waals surface area contributed by atoms with Gasteiger partial charge in [-0.1, -0.05) is 44.2 Å². The van der Waals surface area contributed by atoms with Crippen LogP contribution >= 0.6 is 0 Å². The number of aliphatic hydroxyl groups excluding tert-OH is 1. The van der Waals surface area contributed by atoms with Gasteiger partial charge in [0.15, 0.2) is 0 Å². The predicted octanol–water partition coefficient (Wildman–Crippen LogP) is 3.95. The van der Waals surface area contributed by atoms with Crippen LogP contribution in [0.15, 0.2) is 24.3 Å². The normalized spacial score (nSPS) is 20.9. The molecule has 2 atom stereocenters. The maximum absolute atomic E-state index is 12.9. The summed E-state index contributed by atoms with van der Waals surface area (Å²) in [5.74, 6) is -0.262. The summed E-state index contributed by atoms with van der Waals surface area (Å²) in [6, 6.07) is 6.62. The van der Waals surface area contributed by atoms with Gasteiger partial charge in [0.05, 0.1) is 6.10 Å². The Bertz CT molecular complexity index is 384. The van der Waals surface area contributed by atoms with E-state index in [1.165, 1.54) is 57.1 Å². The Morgan fingerprint density at radius 3 is 2.20 bits per heavy atom. The SMILES string of the molecule is CC(NC1CCCCCCC1)C(O)c1ccc(F)cc1. The third-order valence-corrected chi connectivity index (χ3v) is 4.29. The van der Waals surface area contributed by atoms with Crippen molar-refractivity contribution in [3.05, 3.63) is 35.6 Å². The number of halogens is 1. The zero-order chi connectivity index (χ0) is 14.4. The Labute approximate surface area is 121 Å². The van der Waals surface area contributed by atoms with E-state index in [1.54, 1.807) is 12.1 Å². The number of hydrogen-bond donors (Lipinski definition) is 2. The van der Waals surface area contributed by atoms with Crippen LogP contribution in [0.5, 0.6) is 0 Å². The Hall–Kier alpha value is -0.930. The lowest BCUT2D eigenvalue weighted by Gasteiger charge is -2.28. The van der Waals surface area contributed by atoms with Crippen molar-refractivity contribution in [2.75, 3.05) is 0 Å². The highest BCUT2D eigenvalue weighted by Gasteiger charge is 2.20. The molecule has 0 radical (unpaired) electrons. The number of rotatable bonds is 4. The van der Waals surface area contributed by atoms with Crippen molar-refractivity contribution in [1.29, 1.82) is 0 Å². The van der Waals surface area contributed by atoms with Crippen molar-refractivity contribution in [3.63, 3.8) is 0 Å². The second kappa shape index (κ2) is 7.75. The largest absolute Gasteiger partial charge is 0.387 e. The average molecular weight is 279 g/mol. The van der Waals surface area contributed by atoms with Gasteiger partial charge in [-0.25, -0.2) is 4.39 Å². The molecule has 2 nitrogen and oxygen atoms in total. The van der Waals surface area contributed by atoms with Gasteiger partial charge in [-0.05, 0) is 37.5 Å². The number of benzene rings is 1. The standard InChI is InChI=1S/C17H26FNO/c1-13(17(20)14-9-11-15(18)12-10-14)19-16-7-5-3-2-4-6-8-16/h9-13,16-17,19-20H,2-8H2,1H3. The van der Waals surface area contributed by atoms with E-state index in [-0.39, 0.29) is 11.9 Å². The van der Waals surface area contributed by atoms with Crippen molar-refractivity contribution in [1.82, 2.24) is 5.32 Å². The van der Waals surface area contributed by atoms with Gasteiger partial charge in [0.1, 0.15) is 5.82 Å². The molecular weight excluding hydrogens is 253 g/mol. The molecule has 1 aliphatic rings. The molecule has 2 rings (SSSR count). The molecule has 0 heterocycles. The van der Waals surface area contributed by atoms with Gasteiger partial charge in [-0.3, -0.25) is 0 Å². The highest BCUT2D eigenvalue weighted by atomic mass is 19.1. The molecule has 20 heavy (non-hydrogen) atoms. The third-order valence-electron chi connectivity index (χ3n) is 4.29.